The molecule has 0 spiro atoms. The Morgan fingerprint density at radius 1 is 1.19 bits per heavy atom. The van der Waals surface area contributed by atoms with Crippen LogP contribution in [0.15, 0.2) is 6.33 Å². The second kappa shape index (κ2) is 5.74. The van der Waals surface area contributed by atoms with Crippen LogP contribution in [0.2, 0.25) is 0 Å². The van der Waals surface area contributed by atoms with E-state index in [4.69, 9.17) is 5.73 Å². The normalized spacial score (nSPS) is 34.4. The lowest BCUT2D eigenvalue weighted by atomic mass is 9.72. The summed E-state index contributed by atoms with van der Waals surface area (Å²) in [5.41, 5.74) is 6.18. The van der Waals surface area contributed by atoms with Crippen LogP contribution < -0.4 is 11.1 Å². The van der Waals surface area contributed by atoms with Crippen molar-refractivity contribution in [1.29, 1.82) is 0 Å². The predicted molar refractivity (Wildman–Crippen MR) is 95.6 cm³/mol. The summed E-state index contributed by atoms with van der Waals surface area (Å²) in [6, 6.07) is 0.0257. The largest absolute Gasteiger partial charge is 0.396 e. The third kappa shape index (κ3) is 2.30. The average molecular weight is 376 g/mol. The van der Waals surface area contributed by atoms with Crippen LogP contribution >= 0.6 is 0 Å². The Balaban J connectivity index is 1.62. The maximum absolute atomic E-state index is 10.6. The number of hydrogen-bond donors (Lipinski definition) is 6. The number of nitrogens with two attached hydrogens (primary N) is 1. The first-order valence-electron chi connectivity index (χ1n) is 9.33. The Kier molecular flexibility index (Phi) is 3.64. The molecule has 10 heteroatoms. The van der Waals surface area contributed by atoms with Crippen LogP contribution in [-0.2, 0) is 0 Å². The number of hydrogen-bond acceptors (Lipinski definition) is 9. The SMILES string of the molecule is Nc1nc(NC2CC2)c2ncn([C@@H]3[C@@H]4CC(CO)(CO)[C@H]3[C@H](O)[C@@H]4O)c2n1. The highest BCUT2D eigenvalue weighted by Gasteiger charge is 2.65. The first-order chi connectivity index (χ1) is 13.0. The minimum atomic E-state index is -1.03. The molecule has 5 atom stereocenters. The molecule has 3 aliphatic rings. The van der Waals surface area contributed by atoms with E-state index in [-0.39, 0.29) is 31.1 Å². The monoisotopic (exact) mass is 376 g/mol. The summed E-state index contributed by atoms with van der Waals surface area (Å²) in [6.07, 6.45) is 2.23. The van der Waals surface area contributed by atoms with Crippen molar-refractivity contribution >= 4 is 22.9 Å². The Hall–Kier alpha value is -2.01. The molecular weight excluding hydrogens is 352 g/mol. The van der Waals surface area contributed by atoms with Crippen LogP contribution in [0.1, 0.15) is 25.3 Å². The number of aliphatic hydroxyl groups is 4. The molecule has 27 heavy (non-hydrogen) atoms. The number of anilines is 2. The fourth-order valence-corrected chi connectivity index (χ4v) is 5.15. The highest BCUT2D eigenvalue weighted by atomic mass is 16.3. The summed E-state index contributed by atoms with van der Waals surface area (Å²) >= 11 is 0. The molecule has 146 valence electrons. The molecular formula is C17H24N6O4. The zero-order chi connectivity index (χ0) is 18.9. The van der Waals surface area contributed by atoms with Crippen molar-refractivity contribution in [2.75, 3.05) is 24.3 Å². The number of rotatable bonds is 5. The second-order valence-corrected chi connectivity index (χ2v) is 8.22. The second-order valence-electron chi connectivity index (χ2n) is 8.22. The van der Waals surface area contributed by atoms with Gasteiger partial charge in [-0.05, 0) is 19.3 Å². The van der Waals surface area contributed by atoms with Gasteiger partial charge in [0.15, 0.2) is 17.0 Å². The molecule has 5 rings (SSSR count). The fraction of sp³-hybridized carbons (Fsp3) is 0.706. The minimum Gasteiger partial charge on any atom is -0.396 e. The molecule has 0 aromatic carbocycles. The van der Waals surface area contributed by atoms with Gasteiger partial charge >= 0.3 is 0 Å². The van der Waals surface area contributed by atoms with E-state index in [9.17, 15) is 20.4 Å². The lowest BCUT2D eigenvalue weighted by Crippen LogP contribution is -2.47. The van der Waals surface area contributed by atoms with E-state index in [0.717, 1.165) is 12.8 Å². The van der Waals surface area contributed by atoms with Crippen molar-refractivity contribution in [3.63, 3.8) is 0 Å². The molecule has 3 aliphatic carbocycles. The molecule has 2 aromatic heterocycles. The molecule has 0 unspecified atom stereocenters. The van der Waals surface area contributed by atoms with Gasteiger partial charge in [-0.15, -0.1) is 0 Å². The summed E-state index contributed by atoms with van der Waals surface area (Å²) < 4.78 is 1.81. The summed E-state index contributed by atoms with van der Waals surface area (Å²) in [5, 5.41) is 44.2. The fourth-order valence-electron chi connectivity index (χ4n) is 5.15. The zero-order valence-corrected chi connectivity index (χ0v) is 14.7. The topological polar surface area (TPSA) is 163 Å². The molecule has 2 heterocycles. The number of imidazole rings is 1. The van der Waals surface area contributed by atoms with Gasteiger partial charge in [0, 0.05) is 29.3 Å². The van der Waals surface area contributed by atoms with E-state index < -0.39 is 23.5 Å². The molecule has 2 bridgehead atoms. The van der Waals surface area contributed by atoms with Gasteiger partial charge in [0.2, 0.25) is 5.95 Å². The zero-order valence-electron chi connectivity index (χ0n) is 14.7. The van der Waals surface area contributed by atoms with Gasteiger partial charge < -0.3 is 36.0 Å². The average Bonchev–Trinajstić information content (AvgIpc) is 3.20. The number of aromatic nitrogens is 4. The lowest BCUT2D eigenvalue weighted by molar-refractivity contribution is -0.0982. The van der Waals surface area contributed by atoms with Gasteiger partial charge in [-0.2, -0.15) is 9.97 Å². The van der Waals surface area contributed by atoms with Crippen LogP contribution in [0, 0.1) is 17.3 Å². The maximum atomic E-state index is 10.6. The Morgan fingerprint density at radius 2 is 1.93 bits per heavy atom. The molecule has 0 radical (unpaired) electrons. The molecule has 7 N–H and O–H groups in total. The maximum Gasteiger partial charge on any atom is 0.224 e. The molecule has 0 amide bonds. The van der Waals surface area contributed by atoms with Crippen LogP contribution in [0.5, 0.6) is 0 Å². The Morgan fingerprint density at radius 3 is 2.59 bits per heavy atom. The number of nitrogens with zero attached hydrogens (tertiary/aromatic N) is 4. The van der Waals surface area contributed by atoms with Crippen molar-refractivity contribution in [1.82, 2.24) is 19.5 Å². The molecule has 2 aromatic rings. The lowest BCUT2D eigenvalue weighted by Gasteiger charge is -2.38. The van der Waals surface area contributed by atoms with E-state index in [2.05, 4.69) is 20.3 Å². The molecule has 0 aliphatic heterocycles. The number of nitrogens with one attached hydrogen (secondary N) is 1. The van der Waals surface area contributed by atoms with E-state index in [1.807, 2.05) is 4.57 Å². The summed E-state index contributed by atoms with van der Waals surface area (Å²) in [7, 11) is 0. The van der Waals surface area contributed by atoms with Gasteiger partial charge in [-0.1, -0.05) is 0 Å². The van der Waals surface area contributed by atoms with Gasteiger partial charge in [-0.3, -0.25) is 0 Å². The van der Waals surface area contributed by atoms with Gasteiger partial charge in [0.05, 0.1) is 31.7 Å². The van der Waals surface area contributed by atoms with Crippen molar-refractivity contribution in [2.45, 2.75) is 43.6 Å². The van der Waals surface area contributed by atoms with Crippen LogP contribution in [0.25, 0.3) is 11.2 Å². The van der Waals surface area contributed by atoms with E-state index in [1.54, 1.807) is 6.33 Å². The number of fused-ring (bicyclic) bond motifs is 3. The molecule has 10 nitrogen and oxygen atoms in total. The van der Waals surface area contributed by atoms with Crippen molar-refractivity contribution in [2.24, 2.45) is 17.3 Å². The third-order valence-electron chi connectivity index (χ3n) is 6.62. The Bertz CT molecular complexity index is 880. The highest BCUT2D eigenvalue weighted by Crippen LogP contribution is 2.61. The van der Waals surface area contributed by atoms with Crippen LogP contribution in [0.3, 0.4) is 0 Å². The summed E-state index contributed by atoms with van der Waals surface area (Å²) in [4.78, 5) is 13.1. The van der Waals surface area contributed by atoms with Crippen LogP contribution in [0.4, 0.5) is 11.8 Å². The van der Waals surface area contributed by atoms with Crippen molar-refractivity contribution in [3.05, 3.63) is 6.33 Å². The van der Waals surface area contributed by atoms with E-state index in [1.165, 1.54) is 0 Å². The quantitative estimate of drug-likeness (QED) is 0.379. The standard InChI is InChI=1S/C17H24N6O4/c18-16-21-14(20-7-1-2-7)10-15(22-16)23(6-19-10)11-8-3-17(4-24,5-25)9(11)13(27)12(8)26/h6-9,11-13,24-27H,1-5H2,(H3,18,20,21,22)/t8-,9+,11+,12+,13-/m0/s1. The first kappa shape index (κ1) is 17.1. The van der Waals surface area contributed by atoms with Crippen LogP contribution in [-0.4, -0.2) is 71.4 Å². The van der Waals surface area contributed by atoms with Gasteiger partial charge in [-0.25, -0.2) is 4.98 Å². The number of nitrogen functional groups attached to an aromatic ring is 1. The molecule has 0 saturated heterocycles. The predicted octanol–water partition coefficient (Wildman–Crippen LogP) is -1.13. The number of aliphatic hydroxyl groups excluding tert-OH is 4. The molecule has 3 fully saturated rings. The summed E-state index contributed by atoms with van der Waals surface area (Å²) in [6.45, 7) is -0.521. The third-order valence-corrected chi connectivity index (χ3v) is 6.62. The minimum absolute atomic E-state index is 0.120. The highest BCUT2D eigenvalue weighted by molar-refractivity contribution is 5.84. The van der Waals surface area contributed by atoms with Crippen molar-refractivity contribution in [3.8, 4) is 0 Å². The smallest absolute Gasteiger partial charge is 0.224 e. The Labute approximate surface area is 155 Å². The molecule has 3 saturated carbocycles. The summed E-state index contributed by atoms with van der Waals surface area (Å²) in [5.74, 6) is -0.131. The van der Waals surface area contributed by atoms with Gasteiger partial charge in [0.25, 0.3) is 0 Å². The first-order valence-corrected chi connectivity index (χ1v) is 9.33. The van der Waals surface area contributed by atoms with Gasteiger partial charge in [0.1, 0.15) is 0 Å². The van der Waals surface area contributed by atoms with E-state index in [0.29, 0.717) is 29.4 Å². The van der Waals surface area contributed by atoms with Crippen molar-refractivity contribution < 1.29 is 20.4 Å². The van der Waals surface area contributed by atoms with E-state index >= 15 is 0 Å².